The molecule has 1 atom stereocenters. The highest BCUT2D eigenvalue weighted by Crippen LogP contribution is 2.24. The van der Waals surface area contributed by atoms with Crippen molar-refractivity contribution in [3.8, 4) is 0 Å². The fourth-order valence-electron chi connectivity index (χ4n) is 2.61. The maximum Gasteiger partial charge on any atom is 0.307 e. The molecule has 1 aromatic rings. The number of halogens is 1. The minimum absolute atomic E-state index is 0.151. The van der Waals surface area contributed by atoms with Crippen LogP contribution in [0.15, 0.2) is 16.7 Å². The smallest absolute Gasteiger partial charge is 0.307 e. The number of carbonyl (C=O) groups is 1. The summed E-state index contributed by atoms with van der Waals surface area (Å²) in [6.45, 7) is 5.70. The molecule has 1 aromatic heterocycles. The fourth-order valence-corrected chi connectivity index (χ4v) is 2.99. The van der Waals surface area contributed by atoms with Gasteiger partial charge in [0.05, 0.1) is 13.5 Å². The molecule has 2 rings (SSSR count). The molecule has 22 heavy (non-hydrogen) atoms. The number of methoxy groups -OCH3 is 1. The van der Waals surface area contributed by atoms with E-state index in [0.29, 0.717) is 12.2 Å². The monoisotopic (exact) mass is 371 g/mol. The van der Waals surface area contributed by atoms with Gasteiger partial charge < -0.3 is 10.5 Å². The molecule has 1 fully saturated rings. The van der Waals surface area contributed by atoms with E-state index >= 15 is 0 Å². The highest BCUT2D eigenvalue weighted by Gasteiger charge is 2.25. The molecule has 0 saturated carbocycles. The summed E-state index contributed by atoms with van der Waals surface area (Å²) < 4.78 is 5.70. The van der Waals surface area contributed by atoms with E-state index in [4.69, 9.17) is 10.5 Å². The Balaban J connectivity index is 0.00000116. The Hall–Kier alpha value is -1.14. The highest BCUT2D eigenvalue weighted by atomic mass is 79.9. The van der Waals surface area contributed by atoms with Crippen molar-refractivity contribution in [2.24, 2.45) is 0 Å². The zero-order valence-corrected chi connectivity index (χ0v) is 15.2. The first-order chi connectivity index (χ1) is 10.6. The van der Waals surface area contributed by atoms with Gasteiger partial charge in [0, 0.05) is 28.8 Å². The van der Waals surface area contributed by atoms with E-state index in [2.05, 4.69) is 25.8 Å². The van der Waals surface area contributed by atoms with Crippen LogP contribution in [0.25, 0.3) is 0 Å². The molecule has 6 heteroatoms. The first-order valence-corrected chi connectivity index (χ1v) is 8.60. The predicted octanol–water partition coefficient (Wildman–Crippen LogP) is 3.37. The van der Waals surface area contributed by atoms with E-state index in [1.165, 1.54) is 7.11 Å². The largest absolute Gasteiger partial charge is 0.469 e. The molecular formula is C16H26BrN3O2. The van der Waals surface area contributed by atoms with Gasteiger partial charge in [0.2, 0.25) is 0 Å². The lowest BCUT2D eigenvalue weighted by molar-refractivity contribution is -0.142. The summed E-state index contributed by atoms with van der Waals surface area (Å²) >= 11 is 3.42. The number of likely N-dealkylation sites (tertiary alicyclic amines) is 1. The topological polar surface area (TPSA) is 68.5 Å². The summed E-state index contributed by atoms with van der Waals surface area (Å²) in [5.74, 6) is 0.401. The molecule has 0 spiro atoms. The lowest BCUT2D eigenvalue weighted by Crippen LogP contribution is -2.40. The number of piperidine rings is 1. The lowest BCUT2D eigenvalue weighted by Gasteiger charge is -2.35. The molecule has 0 aliphatic carbocycles. The second kappa shape index (κ2) is 9.79. The number of pyridine rings is 1. The highest BCUT2D eigenvalue weighted by molar-refractivity contribution is 9.10. The Morgan fingerprint density at radius 3 is 2.91 bits per heavy atom. The minimum Gasteiger partial charge on any atom is -0.469 e. The van der Waals surface area contributed by atoms with Crippen LogP contribution >= 0.6 is 15.9 Å². The van der Waals surface area contributed by atoms with Crippen molar-refractivity contribution in [3.05, 3.63) is 22.3 Å². The Kier molecular flexibility index (Phi) is 8.42. The third-order valence-electron chi connectivity index (χ3n) is 3.72. The Morgan fingerprint density at radius 2 is 2.23 bits per heavy atom. The van der Waals surface area contributed by atoms with Crippen LogP contribution in [-0.2, 0) is 16.1 Å². The third kappa shape index (κ3) is 5.57. The van der Waals surface area contributed by atoms with Crippen LogP contribution in [0.5, 0.6) is 0 Å². The van der Waals surface area contributed by atoms with Gasteiger partial charge in [-0.05, 0) is 41.4 Å². The van der Waals surface area contributed by atoms with Crippen molar-refractivity contribution in [1.82, 2.24) is 9.88 Å². The number of aromatic nitrogens is 1. The third-order valence-corrected chi connectivity index (χ3v) is 4.15. The van der Waals surface area contributed by atoms with E-state index in [1.54, 1.807) is 6.20 Å². The Bertz CT molecular complexity index is 482. The number of anilines is 1. The summed E-state index contributed by atoms with van der Waals surface area (Å²) in [6, 6.07) is 2.22. The average molecular weight is 372 g/mol. The number of esters is 1. The second-order valence-corrected chi connectivity index (χ2v) is 6.01. The predicted molar refractivity (Wildman–Crippen MR) is 92.4 cm³/mol. The number of nitrogens with two attached hydrogens (primary N) is 1. The van der Waals surface area contributed by atoms with E-state index in [9.17, 15) is 4.79 Å². The van der Waals surface area contributed by atoms with Gasteiger partial charge in [-0.2, -0.15) is 0 Å². The molecule has 0 amide bonds. The van der Waals surface area contributed by atoms with Crippen LogP contribution in [0, 0.1) is 0 Å². The molecule has 0 bridgehead atoms. The van der Waals surface area contributed by atoms with Crippen molar-refractivity contribution in [2.45, 2.75) is 52.1 Å². The molecule has 2 heterocycles. The van der Waals surface area contributed by atoms with Crippen molar-refractivity contribution in [2.75, 3.05) is 19.4 Å². The number of carbonyl (C=O) groups excluding carboxylic acids is 1. The molecule has 124 valence electrons. The maximum absolute atomic E-state index is 11.5. The van der Waals surface area contributed by atoms with Gasteiger partial charge in [0.15, 0.2) is 0 Å². The number of hydrogen-bond donors (Lipinski definition) is 1. The standard InChI is InChI=1S/C14H20BrN3O2.C2H6/c1-20-13(19)7-12-4-2-3-5-18(12)9-10-6-11(15)8-17-14(10)16;1-2/h6,8,12H,2-5,7,9H2,1H3,(H2,16,17);1-2H3. The zero-order valence-electron chi connectivity index (χ0n) is 13.6. The van der Waals surface area contributed by atoms with Crippen LogP contribution in [0.3, 0.4) is 0 Å². The van der Waals surface area contributed by atoms with Gasteiger partial charge in [-0.15, -0.1) is 0 Å². The van der Waals surface area contributed by atoms with Crippen molar-refractivity contribution >= 4 is 27.7 Å². The number of nitrogens with zero attached hydrogens (tertiary/aromatic N) is 2. The molecule has 1 unspecified atom stereocenters. The van der Waals surface area contributed by atoms with Crippen LogP contribution in [0.2, 0.25) is 0 Å². The minimum atomic E-state index is -0.151. The quantitative estimate of drug-likeness (QED) is 0.821. The van der Waals surface area contributed by atoms with E-state index in [0.717, 1.165) is 42.4 Å². The molecular weight excluding hydrogens is 346 g/mol. The van der Waals surface area contributed by atoms with E-state index < -0.39 is 0 Å². The SMILES string of the molecule is CC.COC(=O)CC1CCCCN1Cc1cc(Br)cnc1N. The summed E-state index contributed by atoms with van der Waals surface area (Å²) in [6.07, 6.45) is 5.47. The van der Waals surface area contributed by atoms with Crippen LogP contribution in [-0.4, -0.2) is 35.5 Å². The normalized spacial score (nSPS) is 18.3. The summed E-state index contributed by atoms with van der Waals surface area (Å²) in [4.78, 5) is 18.0. The summed E-state index contributed by atoms with van der Waals surface area (Å²) in [5.41, 5.74) is 6.93. The summed E-state index contributed by atoms with van der Waals surface area (Å²) in [7, 11) is 1.44. The van der Waals surface area contributed by atoms with Gasteiger partial charge in [0.1, 0.15) is 5.82 Å². The number of rotatable bonds is 4. The molecule has 1 saturated heterocycles. The number of hydrogen-bond acceptors (Lipinski definition) is 5. The van der Waals surface area contributed by atoms with Crippen molar-refractivity contribution in [1.29, 1.82) is 0 Å². The van der Waals surface area contributed by atoms with Gasteiger partial charge in [-0.1, -0.05) is 20.3 Å². The van der Waals surface area contributed by atoms with E-state index in [-0.39, 0.29) is 12.0 Å². The average Bonchev–Trinajstić information content (AvgIpc) is 2.54. The van der Waals surface area contributed by atoms with Gasteiger partial charge in [0.25, 0.3) is 0 Å². The maximum atomic E-state index is 11.5. The van der Waals surface area contributed by atoms with Crippen molar-refractivity contribution < 1.29 is 9.53 Å². The first kappa shape index (κ1) is 18.9. The number of nitrogen functional groups attached to an aromatic ring is 1. The molecule has 2 N–H and O–H groups in total. The van der Waals surface area contributed by atoms with Gasteiger partial charge >= 0.3 is 5.97 Å². The Morgan fingerprint density at radius 1 is 1.50 bits per heavy atom. The van der Waals surface area contributed by atoms with Gasteiger partial charge in [-0.25, -0.2) is 4.98 Å². The molecule has 0 radical (unpaired) electrons. The Labute approximate surface area is 141 Å². The molecule has 5 nitrogen and oxygen atoms in total. The van der Waals surface area contributed by atoms with Crippen LogP contribution in [0.4, 0.5) is 5.82 Å². The van der Waals surface area contributed by atoms with Crippen LogP contribution in [0.1, 0.15) is 45.1 Å². The summed E-state index contributed by atoms with van der Waals surface area (Å²) in [5, 5.41) is 0. The molecule has 0 aromatic carbocycles. The zero-order chi connectivity index (χ0) is 16.5. The first-order valence-electron chi connectivity index (χ1n) is 7.81. The van der Waals surface area contributed by atoms with E-state index in [1.807, 2.05) is 19.9 Å². The van der Waals surface area contributed by atoms with Gasteiger partial charge in [-0.3, -0.25) is 9.69 Å². The lowest BCUT2D eigenvalue weighted by atomic mass is 9.98. The fraction of sp³-hybridized carbons (Fsp3) is 0.625. The number of ether oxygens (including phenoxy) is 1. The second-order valence-electron chi connectivity index (χ2n) is 5.10. The van der Waals surface area contributed by atoms with Crippen molar-refractivity contribution in [3.63, 3.8) is 0 Å². The molecule has 1 aliphatic rings. The molecule has 1 aliphatic heterocycles. The van der Waals surface area contributed by atoms with Crippen LogP contribution < -0.4 is 5.73 Å².